The Labute approximate surface area is 116 Å². The lowest BCUT2D eigenvalue weighted by Crippen LogP contribution is -2.60. The molecule has 4 heteroatoms. The van der Waals surface area contributed by atoms with Gasteiger partial charge < -0.3 is 5.32 Å². The van der Waals surface area contributed by atoms with E-state index in [1.54, 1.807) is 0 Å². The third-order valence-corrected chi connectivity index (χ3v) is 4.68. The fraction of sp³-hybridized carbons (Fsp3) is 0.800. The first-order valence-electron chi connectivity index (χ1n) is 7.78. The molecule has 0 unspecified atom stereocenters. The van der Waals surface area contributed by atoms with E-state index in [1.165, 1.54) is 50.8 Å². The van der Waals surface area contributed by atoms with Gasteiger partial charge in [0.1, 0.15) is 0 Å². The van der Waals surface area contributed by atoms with Gasteiger partial charge in [-0.1, -0.05) is 19.3 Å². The van der Waals surface area contributed by atoms with Crippen LogP contribution in [0.2, 0.25) is 0 Å². The summed E-state index contributed by atoms with van der Waals surface area (Å²) in [5, 5.41) is 8.18. The van der Waals surface area contributed by atoms with Crippen LogP contribution in [0, 0.1) is 0 Å². The molecule has 3 rings (SSSR count). The summed E-state index contributed by atoms with van der Waals surface area (Å²) in [6, 6.07) is 0. The maximum absolute atomic E-state index is 4.38. The Balaban J connectivity index is 1.61. The van der Waals surface area contributed by atoms with Crippen LogP contribution in [0.25, 0.3) is 0 Å². The first kappa shape index (κ1) is 13.1. The predicted molar refractivity (Wildman–Crippen MR) is 77.0 cm³/mol. The van der Waals surface area contributed by atoms with Gasteiger partial charge in [0.05, 0.1) is 6.20 Å². The highest BCUT2D eigenvalue weighted by Gasteiger charge is 2.35. The topological polar surface area (TPSA) is 33.1 Å². The van der Waals surface area contributed by atoms with Crippen LogP contribution in [0.4, 0.5) is 0 Å². The van der Waals surface area contributed by atoms with Crippen molar-refractivity contribution in [3.8, 4) is 0 Å². The van der Waals surface area contributed by atoms with Gasteiger partial charge in [-0.3, -0.25) is 9.58 Å². The Morgan fingerprint density at radius 2 is 2.16 bits per heavy atom. The van der Waals surface area contributed by atoms with Gasteiger partial charge in [-0.2, -0.15) is 5.10 Å². The van der Waals surface area contributed by atoms with E-state index in [0.29, 0.717) is 5.54 Å². The van der Waals surface area contributed by atoms with E-state index in [1.807, 2.05) is 10.9 Å². The van der Waals surface area contributed by atoms with Gasteiger partial charge in [0.25, 0.3) is 0 Å². The monoisotopic (exact) mass is 262 g/mol. The molecular formula is C15H26N4. The van der Waals surface area contributed by atoms with Crippen LogP contribution < -0.4 is 5.32 Å². The summed E-state index contributed by atoms with van der Waals surface area (Å²) >= 11 is 0. The molecule has 1 aromatic rings. The lowest BCUT2D eigenvalue weighted by molar-refractivity contribution is 0.0945. The molecule has 0 bridgehead atoms. The molecule has 0 aromatic carbocycles. The van der Waals surface area contributed by atoms with Crippen LogP contribution >= 0.6 is 0 Å². The zero-order valence-electron chi connectivity index (χ0n) is 12.1. The van der Waals surface area contributed by atoms with Crippen LogP contribution in [-0.4, -0.2) is 39.9 Å². The van der Waals surface area contributed by atoms with Crippen LogP contribution in [-0.2, 0) is 13.1 Å². The molecule has 1 saturated heterocycles. The van der Waals surface area contributed by atoms with Crippen LogP contribution in [0.5, 0.6) is 0 Å². The van der Waals surface area contributed by atoms with Gasteiger partial charge in [-0.15, -0.1) is 0 Å². The van der Waals surface area contributed by atoms with Crippen molar-refractivity contribution in [2.75, 3.05) is 19.6 Å². The third kappa shape index (κ3) is 3.00. The number of nitrogens with zero attached hydrogens (tertiary/aromatic N) is 3. The SMILES string of the molecule is CCn1cc(CN2CCNC3(CCCCC3)C2)cn1. The number of aromatic nitrogens is 2. The van der Waals surface area contributed by atoms with Crippen molar-refractivity contribution < 1.29 is 0 Å². The summed E-state index contributed by atoms with van der Waals surface area (Å²) in [5.74, 6) is 0. The van der Waals surface area contributed by atoms with Crippen molar-refractivity contribution in [2.45, 2.75) is 57.7 Å². The molecule has 2 fully saturated rings. The fourth-order valence-corrected chi connectivity index (χ4v) is 3.66. The summed E-state index contributed by atoms with van der Waals surface area (Å²) in [7, 11) is 0. The molecular weight excluding hydrogens is 236 g/mol. The highest BCUT2D eigenvalue weighted by Crippen LogP contribution is 2.30. The average molecular weight is 262 g/mol. The maximum Gasteiger partial charge on any atom is 0.0534 e. The number of hydrogen-bond acceptors (Lipinski definition) is 3. The zero-order chi connectivity index (χ0) is 13.1. The molecule has 1 aliphatic carbocycles. The Bertz CT molecular complexity index is 401. The minimum Gasteiger partial charge on any atom is -0.309 e. The lowest BCUT2D eigenvalue weighted by atomic mass is 9.80. The largest absolute Gasteiger partial charge is 0.309 e. The summed E-state index contributed by atoms with van der Waals surface area (Å²) < 4.78 is 2.02. The second kappa shape index (κ2) is 5.63. The van der Waals surface area contributed by atoms with E-state index < -0.39 is 0 Å². The standard InChI is InChI=1S/C15H26N4/c1-2-19-12-14(10-17-19)11-18-9-8-16-15(13-18)6-4-3-5-7-15/h10,12,16H,2-9,11,13H2,1H3. The summed E-state index contributed by atoms with van der Waals surface area (Å²) in [4.78, 5) is 2.61. The van der Waals surface area contributed by atoms with Crippen LogP contribution in [0.1, 0.15) is 44.6 Å². The molecule has 19 heavy (non-hydrogen) atoms. The highest BCUT2D eigenvalue weighted by atomic mass is 15.3. The quantitative estimate of drug-likeness (QED) is 0.904. The van der Waals surface area contributed by atoms with E-state index in [4.69, 9.17) is 0 Å². The van der Waals surface area contributed by atoms with E-state index in [0.717, 1.165) is 19.6 Å². The highest BCUT2D eigenvalue weighted by molar-refractivity contribution is 5.05. The van der Waals surface area contributed by atoms with Crippen LogP contribution in [0.15, 0.2) is 12.4 Å². The average Bonchev–Trinajstić information content (AvgIpc) is 2.87. The minimum absolute atomic E-state index is 0.414. The Kier molecular flexibility index (Phi) is 3.89. The predicted octanol–water partition coefficient (Wildman–Crippen LogP) is 2.01. The Morgan fingerprint density at radius 1 is 1.32 bits per heavy atom. The van der Waals surface area contributed by atoms with E-state index >= 15 is 0 Å². The molecule has 106 valence electrons. The molecule has 0 amide bonds. The van der Waals surface area contributed by atoms with E-state index in [-0.39, 0.29) is 0 Å². The molecule has 1 N–H and O–H groups in total. The molecule has 1 saturated carbocycles. The van der Waals surface area contributed by atoms with Gasteiger partial charge in [0, 0.05) is 50.0 Å². The summed E-state index contributed by atoms with van der Waals surface area (Å²) in [5.41, 5.74) is 1.77. The van der Waals surface area contributed by atoms with Gasteiger partial charge in [0.2, 0.25) is 0 Å². The zero-order valence-corrected chi connectivity index (χ0v) is 12.1. The normalized spacial score (nSPS) is 23.8. The van der Waals surface area contributed by atoms with Gasteiger partial charge in [-0.25, -0.2) is 0 Å². The van der Waals surface area contributed by atoms with Crippen LogP contribution in [0.3, 0.4) is 0 Å². The smallest absolute Gasteiger partial charge is 0.0534 e. The molecule has 1 aromatic heterocycles. The first-order valence-corrected chi connectivity index (χ1v) is 7.78. The van der Waals surface area contributed by atoms with Crippen molar-refractivity contribution in [1.29, 1.82) is 0 Å². The summed E-state index contributed by atoms with van der Waals surface area (Å²) in [6.07, 6.45) is 11.2. The maximum atomic E-state index is 4.38. The molecule has 0 atom stereocenters. The van der Waals surface area contributed by atoms with Gasteiger partial charge >= 0.3 is 0 Å². The first-order chi connectivity index (χ1) is 9.30. The van der Waals surface area contributed by atoms with Gasteiger partial charge in [-0.05, 0) is 19.8 Å². The second-order valence-electron chi connectivity index (χ2n) is 6.18. The molecule has 2 heterocycles. The van der Waals surface area contributed by atoms with Gasteiger partial charge in [0.15, 0.2) is 0 Å². The Morgan fingerprint density at radius 3 is 2.89 bits per heavy atom. The number of nitrogens with one attached hydrogen (secondary N) is 1. The van der Waals surface area contributed by atoms with Crippen molar-refractivity contribution in [3.05, 3.63) is 18.0 Å². The lowest BCUT2D eigenvalue weighted by Gasteiger charge is -2.46. The number of piperazine rings is 1. The van der Waals surface area contributed by atoms with Crippen molar-refractivity contribution in [1.82, 2.24) is 20.0 Å². The molecule has 1 spiro atoms. The summed E-state index contributed by atoms with van der Waals surface area (Å²) in [6.45, 7) is 7.68. The second-order valence-corrected chi connectivity index (χ2v) is 6.18. The van der Waals surface area contributed by atoms with E-state index in [9.17, 15) is 0 Å². The molecule has 4 nitrogen and oxygen atoms in total. The van der Waals surface area contributed by atoms with Crippen molar-refractivity contribution in [3.63, 3.8) is 0 Å². The molecule has 2 aliphatic rings. The molecule has 0 radical (unpaired) electrons. The van der Waals surface area contributed by atoms with E-state index in [2.05, 4.69) is 28.4 Å². The minimum atomic E-state index is 0.414. The van der Waals surface area contributed by atoms with Crippen molar-refractivity contribution in [2.24, 2.45) is 0 Å². The number of aryl methyl sites for hydroxylation is 1. The Hall–Kier alpha value is -0.870. The fourth-order valence-electron chi connectivity index (χ4n) is 3.66. The third-order valence-electron chi connectivity index (χ3n) is 4.68. The molecule has 1 aliphatic heterocycles. The van der Waals surface area contributed by atoms with Crippen molar-refractivity contribution >= 4 is 0 Å². The number of rotatable bonds is 3. The number of hydrogen-bond donors (Lipinski definition) is 1.